The minimum atomic E-state index is -1.41. The van der Waals surface area contributed by atoms with Crippen LogP contribution in [0.2, 0.25) is 0 Å². The first-order valence-corrected chi connectivity index (χ1v) is 12.1. The highest BCUT2D eigenvalue weighted by Gasteiger charge is 2.38. The summed E-state index contributed by atoms with van der Waals surface area (Å²) in [5.74, 6) is -3.03. The Morgan fingerprint density at radius 2 is 1.81 bits per heavy atom. The molecule has 0 saturated carbocycles. The molecule has 3 amide bonds. The second kappa shape index (κ2) is 13.8. The Bertz CT molecular complexity index is 909. The number of nitrogens with two attached hydrogens (primary N) is 2. The summed E-state index contributed by atoms with van der Waals surface area (Å²) >= 11 is 0. The van der Waals surface area contributed by atoms with Gasteiger partial charge in [-0.25, -0.2) is 4.79 Å². The first-order chi connectivity index (χ1) is 17.0. The molecule has 2 rings (SSSR count). The lowest BCUT2D eigenvalue weighted by Gasteiger charge is -2.29. The topological polar surface area (TPSA) is 208 Å². The summed E-state index contributed by atoms with van der Waals surface area (Å²) in [6, 6.07) is 1.91. The van der Waals surface area contributed by atoms with Crippen LogP contribution in [0.5, 0.6) is 5.75 Å². The lowest BCUT2D eigenvalue weighted by molar-refractivity contribution is -0.144. The molecule has 12 heteroatoms. The molecule has 1 aliphatic heterocycles. The van der Waals surface area contributed by atoms with Gasteiger partial charge in [0.15, 0.2) is 0 Å². The van der Waals surface area contributed by atoms with E-state index < -0.39 is 54.0 Å². The van der Waals surface area contributed by atoms with Crippen LogP contribution in [0.3, 0.4) is 0 Å². The maximum atomic E-state index is 13.0. The number of carbonyl (C=O) groups excluding carboxylic acids is 3. The van der Waals surface area contributed by atoms with E-state index in [0.29, 0.717) is 38.8 Å². The summed E-state index contributed by atoms with van der Waals surface area (Å²) < 4.78 is 0. The van der Waals surface area contributed by atoms with Crippen molar-refractivity contribution < 1.29 is 34.5 Å². The number of benzene rings is 1. The van der Waals surface area contributed by atoms with Gasteiger partial charge in [-0.3, -0.25) is 14.4 Å². The fraction of sp³-hybridized carbons (Fsp3) is 0.583. The van der Waals surface area contributed by atoms with Crippen molar-refractivity contribution in [2.45, 2.75) is 75.7 Å². The van der Waals surface area contributed by atoms with E-state index in [0.717, 1.165) is 5.56 Å². The average molecular weight is 508 g/mol. The molecule has 5 atom stereocenters. The molecular formula is C24H37N5O7. The molecule has 0 aromatic heterocycles. The van der Waals surface area contributed by atoms with Crippen molar-refractivity contribution in [2.24, 2.45) is 11.5 Å². The highest BCUT2D eigenvalue weighted by atomic mass is 16.4. The highest BCUT2D eigenvalue weighted by molar-refractivity contribution is 5.94. The van der Waals surface area contributed by atoms with Gasteiger partial charge in [-0.15, -0.1) is 0 Å². The maximum Gasteiger partial charge on any atom is 0.326 e. The molecular weight excluding hydrogens is 470 g/mol. The van der Waals surface area contributed by atoms with Gasteiger partial charge in [-0.05, 0) is 69.7 Å². The van der Waals surface area contributed by atoms with Crippen LogP contribution in [0.25, 0.3) is 0 Å². The standard InChI is InChI=1S/C24H37N5O7/c1-14(30)20(22(33)27-18(24(35)36)5-2-3-11-25)28-21(32)19-6-4-12-29(19)23(34)17(26)13-15-7-9-16(31)10-8-15/h7-10,14,17-20,30-31H,2-6,11-13,25-26H2,1H3,(H,27,33)(H,28,32)(H,35,36). The lowest BCUT2D eigenvalue weighted by atomic mass is 10.0. The van der Waals surface area contributed by atoms with Crippen molar-refractivity contribution in [2.75, 3.05) is 13.1 Å². The minimum absolute atomic E-state index is 0.0943. The number of amides is 3. The number of nitrogens with zero attached hydrogens (tertiary/aromatic N) is 1. The van der Waals surface area contributed by atoms with Crippen LogP contribution in [0.15, 0.2) is 24.3 Å². The number of carboxylic acid groups (broad SMARTS) is 1. The third-order valence-electron chi connectivity index (χ3n) is 6.17. The fourth-order valence-corrected chi connectivity index (χ4v) is 4.16. The molecule has 0 aliphatic carbocycles. The number of rotatable bonds is 13. The van der Waals surface area contributed by atoms with Crippen molar-refractivity contribution in [3.63, 3.8) is 0 Å². The number of aromatic hydroxyl groups is 1. The Hall–Kier alpha value is -3.22. The molecule has 1 aliphatic rings. The van der Waals surface area contributed by atoms with E-state index in [2.05, 4.69) is 10.6 Å². The average Bonchev–Trinajstić information content (AvgIpc) is 3.32. The number of aliphatic hydroxyl groups is 1. The first kappa shape index (κ1) is 29.0. The number of phenols is 1. The molecule has 1 heterocycles. The van der Waals surface area contributed by atoms with Gasteiger partial charge in [-0.2, -0.15) is 0 Å². The molecule has 0 spiro atoms. The molecule has 12 nitrogen and oxygen atoms in total. The smallest absolute Gasteiger partial charge is 0.326 e. The van der Waals surface area contributed by atoms with Crippen molar-refractivity contribution >= 4 is 23.7 Å². The number of hydrogen-bond acceptors (Lipinski definition) is 8. The molecule has 1 aromatic rings. The molecule has 1 saturated heterocycles. The number of aliphatic carboxylic acids is 1. The minimum Gasteiger partial charge on any atom is -0.508 e. The van der Waals surface area contributed by atoms with Crippen molar-refractivity contribution in [1.82, 2.24) is 15.5 Å². The van der Waals surface area contributed by atoms with Crippen LogP contribution >= 0.6 is 0 Å². The number of hydrogen-bond donors (Lipinski definition) is 7. The second-order valence-electron chi connectivity index (χ2n) is 9.08. The van der Waals surface area contributed by atoms with E-state index in [9.17, 15) is 34.5 Å². The fourth-order valence-electron chi connectivity index (χ4n) is 4.16. The summed E-state index contributed by atoms with van der Waals surface area (Å²) in [6.07, 6.45) is 1.05. The Labute approximate surface area is 210 Å². The third-order valence-corrected chi connectivity index (χ3v) is 6.17. The molecule has 5 unspecified atom stereocenters. The van der Waals surface area contributed by atoms with Gasteiger partial charge < -0.3 is 42.3 Å². The number of aliphatic hydroxyl groups excluding tert-OH is 1. The third kappa shape index (κ3) is 8.18. The quantitative estimate of drug-likeness (QED) is 0.160. The Kier molecular flexibility index (Phi) is 11.1. The zero-order chi connectivity index (χ0) is 26.8. The summed E-state index contributed by atoms with van der Waals surface area (Å²) in [7, 11) is 0. The number of likely N-dealkylation sites (tertiary alicyclic amines) is 1. The highest BCUT2D eigenvalue weighted by Crippen LogP contribution is 2.20. The predicted molar refractivity (Wildman–Crippen MR) is 131 cm³/mol. The van der Waals surface area contributed by atoms with Crippen LogP contribution in [0.4, 0.5) is 0 Å². The first-order valence-electron chi connectivity index (χ1n) is 12.1. The largest absolute Gasteiger partial charge is 0.508 e. The van der Waals surface area contributed by atoms with Gasteiger partial charge in [0.25, 0.3) is 0 Å². The SMILES string of the molecule is CC(O)C(NC(=O)C1CCCN1C(=O)C(N)Cc1ccc(O)cc1)C(=O)NC(CCCCN)C(=O)O. The van der Waals surface area contributed by atoms with Crippen molar-refractivity contribution in [3.05, 3.63) is 29.8 Å². The second-order valence-corrected chi connectivity index (χ2v) is 9.08. The Morgan fingerprint density at radius 1 is 1.14 bits per heavy atom. The Morgan fingerprint density at radius 3 is 2.39 bits per heavy atom. The Balaban J connectivity index is 2.03. The maximum absolute atomic E-state index is 13.0. The van der Waals surface area contributed by atoms with Crippen LogP contribution in [-0.2, 0) is 25.6 Å². The number of phenolic OH excluding ortho intramolecular Hbond substituents is 1. The van der Waals surface area contributed by atoms with E-state index >= 15 is 0 Å². The van der Waals surface area contributed by atoms with Gasteiger partial charge in [0, 0.05) is 6.54 Å². The van der Waals surface area contributed by atoms with Crippen LogP contribution < -0.4 is 22.1 Å². The summed E-state index contributed by atoms with van der Waals surface area (Å²) in [5, 5.41) is 33.8. The van der Waals surface area contributed by atoms with Gasteiger partial charge in [0.2, 0.25) is 17.7 Å². The number of unbranched alkanes of at least 4 members (excludes halogenated alkanes) is 1. The summed E-state index contributed by atoms with van der Waals surface area (Å²) in [6.45, 7) is 2.01. The number of nitrogens with one attached hydrogen (secondary N) is 2. The van der Waals surface area contributed by atoms with E-state index in [1.54, 1.807) is 12.1 Å². The van der Waals surface area contributed by atoms with E-state index in [1.807, 2.05) is 0 Å². The molecule has 0 bridgehead atoms. The van der Waals surface area contributed by atoms with Crippen molar-refractivity contribution in [1.29, 1.82) is 0 Å². The number of carbonyl (C=O) groups is 4. The monoisotopic (exact) mass is 507 g/mol. The lowest BCUT2D eigenvalue weighted by Crippen LogP contribution is -2.59. The van der Waals surface area contributed by atoms with Gasteiger partial charge in [0.1, 0.15) is 23.9 Å². The molecule has 9 N–H and O–H groups in total. The zero-order valence-corrected chi connectivity index (χ0v) is 20.4. The molecule has 36 heavy (non-hydrogen) atoms. The molecule has 1 fully saturated rings. The van der Waals surface area contributed by atoms with Crippen molar-refractivity contribution in [3.8, 4) is 5.75 Å². The normalized spacial score (nSPS) is 18.7. The van der Waals surface area contributed by atoms with Gasteiger partial charge >= 0.3 is 5.97 Å². The van der Waals surface area contributed by atoms with Gasteiger partial charge in [0.05, 0.1) is 12.1 Å². The molecule has 0 radical (unpaired) electrons. The van der Waals surface area contributed by atoms with E-state index in [4.69, 9.17) is 11.5 Å². The molecule has 200 valence electrons. The van der Waals surface area contributed by atoms with E-state index in [-0.39, 0.29) is 18.6 Å². The van der Waals surface area contributed by atoms with Crippen LogP contribution in [-0.4, -0.2) is 87.3 Å². The summed E-state index contributed by atoms with van der Waals surface area (Å²) in [4.78, 5) is 51.7. The molecule has 1 aromatic carbocycles. The van der Waals surface area contributed by atoms with Gasteiger partial charge in [-0.1, -0.05) is 12.1 Å². The van der Waals surface area contributed by atoms with E-state index in [1.165, 1.54) is 24.0 Å². The number of carboxylic acids is 1. The van der Waals surface area contributed by atoms with Crippen LogP contribution in [0, 0.1) is 0 Å². The predicted octanol–water partition coefficient (Wildman–Crippen LogP) is -1.18. The van der Waals surface area contributed by atoms with Crippen LogP contribution in [0.1, 0.15) is 44.6 Å². The zero-order valence-electron chi connectivity index (χ0n) is 20.4. The summed E-state index contributed by atoms with van der Waals surface area (Å²) in [5.41, 5.74) is 12.3.